The molecule has 0 aliphatic rings. The van der Waals surface area contributed by atoms with Crippen molar-refractivity contribution in [3.8, 4) is 0 Å². The maximum absolute atomic E-state index is 2.17. The van der Waals surface area contributed by atoms with E-state index in [4.69, 9.17) is 0 Å². The summed E-state index contributed by atoms with van der Waals surface area (Å²) in [6.07, 6.45) is 0. The van der Waals surface area contributed by atoms with Crippen LogP contribution in [0.1, 0.15) is 11.1 Å². The molecule has 10 heavy (non-hydrogen) atoms. The largest absolute Gasteiger partial charge is 0.107 e. The summed E-state index contributed by atoms with van der Waals surface area (Å²) < 4.78 is 0. The Morgan fingerprint density at radius 1 is 0.900 bits per heavy atom. The molecule has 0 unspecified atom stereocenters. The molecule has 0 aliphatic heterocycles. The first-order valence-electron chi connectivity index (χ1n) is 2.82. The molecule has 0 aromatic heterocycles. The number of hydrogen-bond acceptors (Lipinski definition) is 0. The molecule has 58 valence electrons. The highest BCUT2D eigenvalue weighted by atomic mass is 127. The summed E-state index contributed by atoms with van der Waals surface area (Å²) in [5, 5.41) is 0. The van der Waals surface area contributed by atoms with Gasteiger partial charge >= 0.3 is 0 Å². The van der Waals surface area contributed by atoms with E-state index in [2.05, 4.69) is 38.1 Å². The minimum absolute atomic E-state index is 0. The second-order valence-corrected chi connectivity index (χ2v) is 2.16. The van der Waals surface area contributed by atoms with Gasteiger partial charge in [0, 0.05) is 0 Å². The topological polar surface area (TPSA) is 0 Å². The van der Waals surface area contributed by atoms with Gasteiger partial charge in [0.2, 0.25) is 0 Å². The lowest BCUT2D eigenvalue weighted by atomic mass is 10.2. The van der Waals surface area contributed by atoms with E-state index >= 15 is 0 Å². The summed E-state index contributed by atoms with van der Waals surface area (Å²) in [5.41, 5.74) is 2.68. The molecule has 1 aromatic rings. The standard InChI is InChI=1S/C8H10.2HI/c1-7-4-3-5-8(2)6-7;;/h3-6H,1-2H3;2*1H. The molecular formula is C8H12I2. The van der Waals surface area contributed by atoms with E-state index in [1.165, 1.54) is 11.1 Å². The summed E-state index contributed by atoms with van der Waals surface area (Å²) in [7, 11) is 0. The van der Waals surface area contributed by atoms with Crippen molar-refractivity contribution in [3.05, 3.63) is 35.4 Å². The van der Waals surface area contributed by atoms with Crippen LogP contribution >= 0.6 is 48.0 Å². The Bertz CT molecular complexity index is 167. The first kappa shape index (κ1) is 13.3. The molecule has 0 atom stereocenters. The maximum Gasteiger partial charge on any atom is -0.0398 e. The average molecular weight is 362 g/mol. The van der Waals surface area contributed by atoms with Crippen molar-refractivity contribution in [1.29, 1.82) is 0 Å². The second kappa shape index (κ2) is 6.39. The van der Waals surface area contributed by atoms with Crippen LogP contribution in [0.3, 0.4) is 0 Å². The molecule has 0 saturated heterocycles. The Hall–Kier alpha value is 0.680. The molecule has 0 aliphatic carbocycles. The first-order valence-corrected chi connectivity index (χ1v) is 2.82. The fraction of sp³-hybridized carbons (Fsp3) is 0.250. The summed E-state index contributed by atoms with van der Waals surface area (Å²) in [6.45, 7) is 4.21. The van der Waals surface area contributed by atoms with Crippen molar-refractivity contribution in [2.75, 3.05) is 0 Å². The molecule has 0 fully saturated rings. The number of benzene rings is 1. The van der Waals surface area contributed by atoms with Crippen molar-refractivity contribution in [1.82, 2.24) is 0 Å². The molecule has 0 nitrogen and oxygen atoms in total. The fourth-order valence-electron chi connectivity index (χ4n) is 0.807. The van der Waals surface area contributed by atoms with E-state index in [-0.39, 0.29) is 48.0 Å². The Balaban J connectivity index is 0. The third-order valence-corrected chi connectivity index (χ3v) is 1.17. The predicted octanol–water partition coefficient (Wildman–Crippen LogP) is 3.54. The first-order chi connectivity index (χ1) is 3.79. The normalized spacial score (nSPS) is 7.40. The quantitative estimate of drug-likeness (QED) is 0.620. The third kappa shape index (κ3) is 4.49. The molecule has 0 radical (unpaired) electrons. The molecule has 0 N–H and O–H groups in total. The number of rotatable bonds is 0. The zero-order valence-corrected chi connectivity index (χ0v) is 10.8. The number of halogens is 2. The van der Waals surface area contributed by atoms with E-state index in [1.807, 2.05) is 0 Å². The Kier molecular flexibility index (Phi) is 8.49. The highest BCUT2D eigenvalue weighted by Crippen LogP contribution is 2.00. The van der Waals surface area contributed by atoms with Crippen molar-refractivity contribution >= 4 is 48.0 Å². The van der Waals surface area contributed by atoms with Gasteiger partial charge < -0.3 is 0 Å². The molecule has 0 heterocycles. The van der Waals surface area contributed by atoms with Crippen molar-refractivity contribution in [2.24, 2.45) is 0 Å². The second-order valence-electron chi connectivity index (χ2n) is 2.16. The van der Waals surface area contributed by atoms with Crippen LogP contribution in [0.25, 0.3) is 0 Å². The highest BCUT2D eigenvalue weighted by molar-refractivity contribution is 14.0. The Labute approximate surface area is 96.4 Å². The van der Waals surface area contributed by atoms with E-state index in [0.29, 0.717) is 0 Å². The molecular weight excluding hydrogens is 350 g/mol. The summed E-state index contributed by atoms with van der Waals surface area (Å²) >= 11 is 0. The zero-order chi connectivity index (χ0) is 5.98. The molecule has 0 bridgehead atoms. The highest BCUT2D eigenvalue weighted by Gasteiger charge is 1.80. The average Bonchev–Trinajstić information content (AvgIpc) is 1.64. The van der Waals surface area contributed by atoms with Crippen LogP contribution in [0.5, 0.6) is 0 Å². The maximum atomic E-state index is 2.17. The van der Waals surface area contributed by atoms with Crippen LogP contribution in [0.15, 0.2) is 24.3 Å². The van der Waals surface area contributed by atoms with Gasteiger partial charge in [0.1, 0.15) is 0 Å². The summed E-state index contributed by atoms with van der Waals surface area (Å²) in [4.78, 5) is 0. The summed E-state index contributed by atoms with van der Waals surface area (Å²) in [5.74, 6) is 0. The van der Waals surface area contributed by atoms with Crippen LogP contribution in [-0.4, -0.2) is 0 Å². The van der Waals surface area contributed by atoms with Gasteiger partial charge in [-0.15, -0.1) is 48.0 Å². The van der Waals surface area contributed by atoms with E-state index in [9.17, 15) is 0 Å². The smallest absolute Gasteiger partial charge is 0.0398 e. The van der Waals surface area contributed by atoms with Crippen LogP contribution in [0.4, 0.5) is 0 Å². The fourth-order valence-corrected chi connectivity index (χ4v) is 0.807. The van der Waals surface area contributed by atoms with Gasteiger partial charge in [-0.2, -0.15) is 0 Å². The number of aryl methyl sites for hydroxylation is 2. The van der Waals surface area contributed by atoms with E-state index < -0.39 is 0 Å². The van der Waals surface area contributed by atoms with Gasteiger partial charge in [0.15, 0.2) is 0 Å². The number of hydrogen-bond donors (Lipinski definition) is 0. The molecule has 1 aromatic carbocycles. The lowest BCUT2D eigenvalue weighted by Gasteiger charge is -1.90. The minimum Gasteiger partial charge on any atom is -0.107 e. The lowest BCUT2D eigenvalue weighted by molar-refractivity contribution is 1.39. The molecule has 1 rings (SSSR count). The lowest BCUT2D eigenvalue weighted by Crippen LogP contribution is -1.71. The zero-order valence-electron chi connectivity index (χ0n) is 6.13. The summed E-state index contributed by atoms with van der Waals surface area (Å²) in [6, 6.07) is 8.45. The minimum atomic E-state index is 0. The van der Waals surface area contributed by atoms with Crippen LogP contribution in [-0.2, 0) is 0 Å². The predicted molar refractivity (Wildman–Crippen MR) is 66.7 cm³/mol. The van der Waals surface area contributed by atoms with Gasteiger partial charge in [-0.25, -0.2) is 0 Å². The van der Waals surface area contributed by atoms with Crippen molar-refractivity contribution in [3.63, 3.8) is 0 Å². The SMILES string of the molecule is Cc1cccc(C)c1.I.I. The molecule has 0 amide bonds. The Morgan fingerprint density at radius 2 is 1.30 bits per heavy atom. The van der Waals surface area contributed by atoms with Crippen molar-refractivity contribution in [2.45, 2.75) is 13.8 Å². The molecule has 0 spiro atoms. The monoisotopic (exact) mass is 362 g/mol. The van der Waals surface area contributed by atoms with Crippen LogP contribution in [0, 0.1) is 13.8 Å². The molecule has 0 saturated carbocycles. The van der Waals surface area contributed by atoms with Gasteiger partial charge in [-0.3, -0.25) is 0 Å². The van der Waals surface area contributed by atoms with Gasteiger partial charge in [-0.1, -0.05) is 35.4 Å². The van der Waals surface area contributed by atoms with Crippen LogP contribution in [0.2, 0.25) is 0 Å². The van der Waals surface area contributed by atoms with E-state index in [0.717, 1.165) is 0 Å². The third-order valence-electron chi connectivity index (χ3n) is 1.17. The van der Waals surface area contributed by atoms with Crippen molar-refractivity contribution < 1.29 is 0 Å². The molecule has 2 heteroatoms. The van der Waals surface area contributed by atoms with Crippen LogP contribution < -0.4 is 0 Å². The van der Waals surface area contributed by atoms with E-state index in [1.54, 1.807) is 0 Å². The Morgan fingerprint density at radius 3 is 1.50 bits per heavy atom. The van der Waals surface area contributed by atoms with Gasteiger partial charge in [-0.05, 0) is 13.8 Å². The van der Waals surface area contributed by atoms with Gasteiger partial charge in [0.25, 0.3) is 0 Å². The van der Waals surface area contributed by atoms with Gasteiger partial charge in [0.05, 0.1) is 0 Å².